The maximum atomic E-state index is 13.5. The maximum Gasteiger partial charge on any atom is 0.258 e. The van der Waals surface area contributed by atoms with Crippen LogP contribution >= 0.6 is 23.8 Å². The Hall–Kier alpha value is -1.98. The van der Waals surface area contributed by atoms with Crippen LogP contribution in [0.2, 0.25) is 5.02 Å². The van der Waals surface area contributed by atoms with E-state index in [0.717, 1.165) is 0 Å². The van der Waals surface area contributed by atoms with Gasteiger partial charge < -0.3 is 11.1 Å². The van der Waals surface area contributed by atoms with Crippen molar-refractivity contribution in [3.63, 3.8) is 0 Å². The SMILES string of the molecule is NC(=S)c1ccc(NC(=O)c2ccccc2F)c(Cl)c1. The Morgan fingerprint density at radius 2 is 1.95 bits per heavy atom. The number of thiocarbonyl (C=S) groups is 1. The van der Waals surface area contributed by atoms with Crippen LogP contribution in [0.25, 0.3) is 0 Å². The van der Waals surface area contributed by atoms with Gasteiger partial charge in [-0.25, -0.2) is 4.39 Å². The van der Waals surface area contributed by atoms with Crippen LogP contribution in [0, 0.1) is 5.82 Å². The number of rotatable bonds is 3. The molecule has 3 N–H and O–H groups in total. The van der Waals surface area contributed by atoms with Gasteiger partial charge in [0, 0.05) is 5.56 Å². The quantitative estimate of drug-likeness (QED) is 0.855. The number of nitrogens with two attached hydrogens (primary N) is 1. The van der Waals surface area contributed by atoms with Crippen molar-refractivity contribution < 1.29 is 9.18 Å². The van der Waals surface area contributed by atoms with E-state index in [-0.39, 0.29) is 15.6 Å². The number of benzene rings is 2. The summed E-state index contributed by atoms with van der Waals surface area (Å²) in [5.41, 5.74) is 6.38. The van der Waals surface area contributed by atoms with E-state index in [4.69, 9.17) is 29.6 Å². The minimum Gasteiger partial charge on any atom is -0.389 e. The second kappa shape index (κ2) is 5.98. The van der Waals surface area contributed by atoms with Crippen LogP contribution in [0.4, 0.5) is 10.1 Å². The van der Waals surface area contributed by atoms with E-state index in [2.05, 4.69) is 5.32 Å². The standard InChI is InChI=1S/C14H10ClFN2OS/c15-10-7-8(13(17)20)5-6-12(10)18-14(19)9-3-1-2-4-11(9)16/h1-7H,(H2,17,20)(H,18,19). The monoisotopic (exact) mass is 308 g/mol. The average Bonchev–Trinajstić information content (AvgIpc) is 2.41. The minimum atomic E-state index is -0.596. The van der Waals surface area contributed by atoms with Gasteiger partial charge >= 0.3 is 0 Å². The van der Waals surface area contributed by atoms with Crippen LogP contribution in [-0.4, -0.2) is 10.9 Å². The zero-order valence-electron chi connectivity index (χ0n) is 10.2. The third-order valence-corrected chi connectivity index (χ3v) is 3.17. The second-order valence-corrected chi connectivity index (χ2v) is 4.84. The lowest BCUT2D eigenvalue weighted by atomic mass is 10.1. The predicted octanol–water partition coefficient (Wildman–Crippen LogP) is 3.37. The van der Waals surface area contributed by atoms with Gasteiger partial charge in [-0.15, -0.1) is 0 Å². The minimum absolute atomic E-state index is 0.0537. The van der Waals surface area contributed by atoms with Gasteiger partial charge in [0.15, 0.2) is 0 Å². The number of carbonyl (C=O) groups is 1. The fourth-order valence-corrected chi connectivity index (χ4v) is 1.96. The normalized spacial score (nSPS) is 10.1. The summed E-state index contributed by atoms with van der Waals surface area (Å²) in [5.74, 6) is -1.17. The maximum absolute atomic E-state index is 13.5. The van der Waals surface area contributed by atoms with Crippen molar-refractivity contribution in [1.82, 2.24) is 0 Å². The van der Waals surface area contributed by atoms with Gasteiger partial charge in [-0.3, -0.25) is 4.79 Å². The Kier molecular flexibility index (Phi) is 4.32. The Labute approximate surface area is 125 Å². The zero-order chi connectivity index (χ0) is 14.7. The Bertz CT molecular complexity index is 691. The molecule has 6 heteroatoms. The van der Waals surface area contributed by atoms with Gasteiger partial charge in [-0.05, 0) is 30.3 Å². The summed E-state index contributed by atoms with van der Waals surface area (Å²) < 4.78 is 13.5. The van der Waals surface area contributed by atoms with E-state index < -0.39 is 11.7 Å². The molecular weight excluding hydrogens is 299 g/mol. The molecule has 102 valence electrons. The number of amides is 1. The fourth-order valence-electron chi connectivity index (χ4n) is 1.60. The van der Waals surface area contributed by atoms with Gasteiger partial charge in [-0.1, -0.05) is 36.0 Å². The molecule has 0 atom stereocenters. The van der Waals surface area contributed by atoms with Crippen LogP contribution < -0.4 is 11.1 Å². The van der Waals surface area contributed by atoms with Gasteiger partial charge in [0.1, 0.15) is 10.8 Å². The summed E-state index contributed by atoms with van der Waals surface area (Å²) in [5, 5.41) is 2.82. The van der Waals surface area contributed by atoms with Crippen LogP contribution in [0.3, 0.4) is 0 Å². The Morgan fingerprint density at radius 3 is 2.55 bits per heavy atom. The first-order chi connectivity index (χ1) is 9.49. The second-order valence-electron chi connectivity index (χ2n) is 3.99. The smallest absolute Gasteiger partial charge is 0.258 e. The molecule has 0 aromatic heterocycles. The highest BCUT2D eigenvalue weighted by molar-refractivity contribution is 7.80. The molecule has 0 aliphatic heterocycles. The van der Waals surface area contributed by atoms with Gasteiger partial charge in [0.2, 0.25) is 0 Å². The van der Waals surface area contributed by atoms with Crippen molar-refractivity contribution in [3.05, 3.63) is 64.4 Å². The molecule has 0 radical (unpaired) electrons. The first-order valence-electron chi connectivity index (χ1n) is 5.64. The number of hydrogen-bond acceptors (Lipinski definition) is 2. The molecule has 0 fully saturated rings. The molecule has 2 aromatic rings. The van der Waals surface area contributed by atoms with E-state index in [9.17, 15) is 9.18 Å². The molecule has 0 spiro atoms. The van der Waals surface area contributed by atoms with Crippen molar-refractivity contribution in [3.8, 4) is 0 Å². The first kappa shape index (κ1) is 14.4. The summed E-state index contributed by atoms with van der Waals surface area (Å²) in [6.45, 7) is 0. The molecule has 2 aromatic carbocycles. The molecule has 0 unspecified atom stereocenters. The van der Waals surface area contributed by atoms with Crippen molar-refractivity contribution in [2.75, 3.05) is 5.32 Å². The number of halogens is 2. The first-order valence-corrected chi connectivity index (χ1v) is 6.43. The lowest BCUT2D eigenvalue weighted by molar-refractivity contribution is 0.102. The summed E-state index contributed by atoms with van der Waals surface area (Å²) in [6, 6.07) is 10.4. The van der Waals surface area contributed by atoms with Crippen molar-refractivity contribution >= 4 is 40.4 Å². The molecule has 0 saturated carbocycles. The summed E-state index contributed by atoms with van der Waals surface area (Å²) in [4.78, 5) is 12.2. The average molecular weight is 309 g/mol. The third kappa shape index (κ3) is 3.12. The highest BCUT2D eigenvalue weighted by Gasteiger charge is 2.13. The molecule has 20 heavy (non-hydrogen) atoms. The van der Waals surface area contributed by atoms with Crippen LogP contribution in [-0.2, 0) is 0 Å². The highest BCUT2D eigenvalue weighted by Crippen LogP contribution is 2.24. The van der Waals surface area contributed by atoms with Gasteiger partial charge in [0.05, 0.1) is 16.3 Å². The van der Waals surface area contributed by atoms with Gasteiger partial charge in [-0.2, -0.15) is 0 Å². The van der Waals surface area contributed by atoms with E-state index in [1.165, 1.54) is 18.2 Å². The molecule has 2 rings (SSSR count). The number of hydrogen-bond donors (Lipinski definition) is 2. The molecule has 0 aliphatic carbocycles. The van der Waals surface area contributed by atoms with E-state index >= 15 is 0 Å². The van der Waals surface area contributed by atoms with Crippen molar-refractivity contribution in [2.24, 2.45) is 5.73 Å². The van der Waals surface area contributed by atoms with E-state index in [1.54, 1.807) is 24.3 Å². The highest BCUT2D eigenvalue weighted by atomic mass is 35.5. The molecule has 0 bridgehead atoms. The zero-order valence-corrected chi connectivity index (χ0v) is 11.8. The van der Waals surface area contributed by atoms with Crippen molar-refractivity contribution in [2.45, 2.75) is 0 Å². The summed E-state index contributed by atoms with van der Waals surface area (Å²) in [7, 11) is 0. The summed E-state index contributed by atoms with van der Waals surface area (Å²) >= 11 is 10.8. The molecule has 0 aliphatic rings. The van der Waals surface area contributed by atoms with E-state index in [1.807, 2.05) is 0 Å². The predicted molar refractivity (Wildman–Crippen MR) is 81.7 cm³/mol. The molecule has 3 nitrogen and oxygen atoms in total. The summed E-state index contributed by atoms with van der Waals surface area (Å²) in [6.07, 6.45) is 0. The lowest BCUT2D eigenvalue weighted by Crippen LogP contribution is -2.14. The topological polar surface area (TPSA) is 55.1 Å². The van der Waals surface area contributed by atoms with Crippen LogP contribution in [0.15, 0.2) is 42.5 Å². The fraction of sp³-hybridized carbons (Fsp3) is 0. The molecule has 0 saturated heterocycles. The largest absolute Gasteiger partial charge is 0.389 e. The number of nitrogens with one attached hydrogen (secondary N) is 1. The molecule has 0 heterocycles. The van der Waals surface area contributed by atoms with Crippen LogP contribution in [0.1, 0.15) is 15.9 Å². The lowest BCUT2D eigenvalue weighted by Gasteiger charge is -2.09. The molecular formula is C14H10ClFN2OS. The van der Waals surface area contributed by atoms with Crippen molar-refractivity contribution in [1.29, 1.82) is 0 Å². The van der Waals surface area contributed by atoms with Crippen LogP contribution in [0.5, 0.6) is 0 Å². The van der Waals surface area contributed by atoms with E-state index in [0.29, 0.717) is 11.3 Å². The molecule has 1 amide bonds. The third-order valence-electron chi connectivity index (χ3n) is 2.62. The Morgan fingerprint density at radius 1 is 1.25 bits per heavy atom. The van der Waals surface area contributed by atoms with Gasteiger partial charge in [0.25, 0.3) is 5.91 Å². The Balaban J connectivity index is 2.25. The number of anilines is 1. The number of carbonyl (C=O) groups excluding carboxylic acids is 1.